The number of amides is 1. The van der Waals surface area contributed by atoms with Gasteiger partial charge in [-0.15, -0.1) is 11.3 Å². The highest BCUT2D eigenvalue weighted by Crippen LogP contribution is 2.31. The van der Waals surface area contributed by atoms with Crippen LogP contribution in [0.5, 0.6) is 0 Å². The summed E-state index contributed by atoms with van der Waals surface area (Å²) < 4.78 is 13.0. The summed E-state index contributed by atoms with van der Waals surface area (Å²) in [5.41, 5.74) is 1.66. The molecule has 1 heterocycles. The van der Waals surface area contributed by atoms with Crippen LogP contribution in [0.15, 0.2) is 30.3 Å². The number of rotatable bonds is 5. The van der Waals surface area contributed by atoms with E-state index in [0.29, 0.717) is 4.88 Å². The molecule has 2 rings (SSSR count). The smallest absolute Gasteiger partial charge is 0.326 e. The summed E-state index contributed by atoms with van der Waals surface area (Å²) in [6, 6.07) is 6.82. The van der Waals surface area contributed by atoms with Gasteiger partial charge in [-0.05, 0) is 42.2 Å². The Morgan fingerprint density at radius 1 is 1.22 bits per heavy atom. The molecule has 6 heteroatoms. The van der Waals surface area contributed by atoms with Crippen LogP contribution in [0.2, 0.25) is 0 Å². The molecule has 0 aliphatic heterocycles. The van der Waals surface area contributed by atoms with Crippen molar-refractivity contribution in [3.63, 3.8) is 0 Å². The van der Waals surface area contributed by atoms with Crippen LogP contribution in [-0.4, -0.2) is 23.0 Å². The highest BCUT2D eigenvalue weighted by molar-refractivity contribution is 7.14. The molecule has 0 saturated carbocycles. The van der Waals surface area contributed by atoms with Crippen LogP contribution in [-0.2, 0) is 4.79 Å². The second-order valence-corrected chi connectivity index (χ2v) is 6.88. The van der Waals surface area contributed by atoms with E-state index in [4.69, 9.17) is 5.11 Å². The summed E-state index contributed by atoms with van der Waals surface area (Å²) in [5, 5.41) is 11.7. The largest absolute Gasteiger partial charge is 0.480 e. The Balaban J connectivity index is 2.24. The van der Waals surface area contributed by atoms with Gasteiger partial charge in [-0.25, -0.2) is 9.18 Å². The van der Waals surface area contributed by atoms with E-state index < -0.39 is 17.9 Å². The Labute approximate surface area is 138 Å². The summed E-state index contributed by atoms with van der Waals surface area (Å²) in [4.78, 5) is 24.8. The predicted octanol–water partition coefficient (Wildman–Crippen LogP) is 3.70. The van der Waals surface area contributed by atoms with Gasteiger partial charge in [0.1, 0.15) is 11.9 Å². The SMILES string of the molecule is Cc1sc(C(=O)NC(C(=O)O)C(C)C)cc1-c1ccc(F)cc1. The minimum Gasteiger partial charge on any atom is -0.480 e. The van der Waals surface area contributed by atoms with Gasteiger partial charge in [0.25, 0.3) is 5.91 Å². The molecule has 1 unspecified atom stereocenters. The van der Waals surface area contributed by atoms with Gasteiger partial charge in [-0.1, -0.05) is 26.0 Å². The Bertz CT molecular complexity index is 722. The molecule has 1 atom stereocenters. The number of aryl methyl sites for hydroxylation is 1. The number of thiophene rings is 1. The molecule has 23 heavy (non-hydrogen) atoms. The third-order valence-corrected chi connectivity index (χ3v) is 4.57. The standard InChI is InChI=1S/C17H18FNO3S/c1-9(2)15(17(21)22)19-16(20)14-8-13(10(3)23-14)11-4-6-12(18)7-5-11/h4-9,15H,1-3H3,(H,19,20)(H,21,22). The maximum absolute atomic E-state index is 13.0. The van der Waals surface area contributed by atoms with Crippen molar-refractivity contribution < 1.29 is 19.1 Å². The lowest BCUT2D eigenvalue weighted by Gasteiger charge is -2.17. The van der Waals surface area contributed by atoms with Gasteiger partial charge in [-0.3, -0.25) is 4.79 Å². The van der Waals surface area contributed by atoms with Gasteiger partial charge in [0.15, 0.2) is 0 Å². The molecule has 0 spiro atoms. The predicted molar refractivity (Wildman–Crippen MR) is 88.2 cm³/mol. The normalized spacial score (nSPS) is 12.2. The molecule has 1 aromatic carbocycles. The second-order valence-electron chi connectivity index (χ2n) is 5.62. The van der Waals surface area contributed by atoms with Gasteiger partial charge in [0.2, 0.25) is 0 Å². The lowest BCUT2D eigenvalue weighted by molar-refractivity contribution is -0.140. The molecule has 122 valence electrons. The van der Waals surface area contributed by atoms with E-state index in [1.54, 1.807) is 32.0 Å². The third kappa shape index (κ3) is 3.96. The van der Waals surface area contributed by atoms with Crippen LogP contribution in [0.1, 0.15) is 28.4 Å². The number of benzene rings is 1. The molecular formula is C17H18FNO3S. The number of carboxylic acids is 1. The number of aliphatic carboxylic acids is 1. The monoisotopic (exact) mass is 335 g/mol. The fraction of sp³-hybridized carbons (Fsp3) is 0.294. The number of carboxylic acid groups (broad SMARTS) is 1. The molecule has 1 amide bonds. The van der Waals surface area contributed by atoms with Gasteiger partial charge in [-0.2, -0.15) is 0 Å². The zero-order valence-corrected chi connectivity index (χ0v) is 13.9. The molecule has 2 aromatic rings. The third-order valence-electron chi connectivity index (χ3n) is 3.52. The van der Waals surface area contributed by atoms with Crippen molar-refractivity contribution in [1.29, 1.82) is 0 Å². The number of nitrogens with one attached hydrogen (secondary N) is 1. The van der Waals surface area contributed by atoms with Crippen LogP contribution >= 0.6 is 11.3 Å². The van der Waals surface area contributed by atoms with E-state index in [2.05, 4.69) is 5.32 Å². The van der Waals surface area contributed by atoms with Crippen molar-refractivity contribution in [3.8, 4) is 11.1 Å². The first-order valence-electron chi connectivity index (χ1n) is 7.19. The van der Waals surface area contributed by atoms with Crippen LogP contribution in [0.4, 0.5) is 4.39 Å². The molecule has 1 aromatic heterocycles. The minimum atomic E-state index is -1.06. The molecule has 2 N–H and O–H groups in total. The Morgan fingerprint density at radius 3 is 2.35 bits per heavy atom. The summed E-state index contributed by atoms with van der Waals surface area (Å²) in [7, 11) is 0. The Morgan fingerprint density at radius 2 is 1.83 bits per heavy atom. The zero-order valence-electron chi connectivity index (χ0n) is 13.1. The quantitative estimate of drug-likeness (QED) is 0.875. The Kier molecular flexibility index (Phi) is 5.15. The van der Waals surface area contributed by atoms with Gasteiger partial charge in [0, 0.05) is 4.88 Å². The highest BCUT2D eigenvalue weighted by Gasteiger charge is 2.25. The van der Waals surface area contributed by atoms with Crippen molar-refractivity contribution in [2.24, 2.45) is 5.92 Å². The van der Waals surface area contributed by atoms with Crippen molar-refractivity contribution in [2.75, 3.05) is 0 Å². The lowest BCUT2D eigenvalue weighted by Crippen LogP contribution is -2.44. The number of halogens is 1. The number of carbonyl (C=O) groups is 2. The summed E-state index contributed by atoms with van der Waals surface area (Å²) in [6.07, 6.45) is 0. The van der Waals surface area contributed by atoms with E-state index in [1.165, 1.54) is 23.5 Å². The Hall–Kier alpha value is -2.21. The molecule has 0 aliphatic carbocycles. The highest BCUT2D eigenvalue weighted by atomic mass is 32.1. The molecule has 4 nitrogen and oxygen atoms in total. The van der Waals surface area contributed by atoms with Crippen LogP contribution in [0.3, 0.4) is 0 Å². The molecule has 0 fully saturated rings. The van der Waals surface area contributed by atoms with E-state index in [0.717, 1.165) is 16.0 Å². The maximum atomic E-state index is 13.0. The molecule has 0 bridgehead atoms. The van der Waals surface area contributed by atoms with E-state index in [-0.39, 0.29) is 11.7 Å². The second kappa shape index (κ2) is 6.91. The fourth-order valence-electron chi connectivity index (χ4n) is 2.24. The minimum absolute atomic E-state index is 0.214. The summed E-state index contributed by atoms with van der Waals surface area (Å²) >= 11 is 1.29. The first kappa shape index (κ1) is 17.1. The average Bonchev–Trinajstić information content (AvgIpc) is 2.86. The van der Waals surface area contributed by atoms with Crippen molar-refractivity contribution in [3.05, 3.63) is 45.9 Å². The van der Waals surface area contributed by atoms with Crippen molar-refractivity contribution in [2.45, 2.75) is 26.8 Å². The number of hydrogen-bond donors (Lipinski definition) is 2. The topological polar surface area (TPSA) is 66.4 Å². The van der Waals surface area contributed by atoms with E-state index in [9.17, 15) is 14.0 Å². The lowest BCUT2D eigenvalue weighted by atomic mass is 10.0. The number of carbonyl (C=O) groups excluding carboxylic acids is 1. The van der Waals surface area contributed by atoms with Crippen LogP contribution in [0, 0.1) is 18.7 Å². The first-order chi connectivity index (χ1) is 10.8. The molecular weight excluding hydrogens is 317 g/mol. The first-order valence-corrected chi connectivity index (χ1v) is 8.01. The summed E-state index contributed by atoms with van der Waals surface area (Å²) in [6.45, 7) is 5.35. The van der Waals surface area contributed by atoms with E-state index >= 15 is 0 Å². The van der Waals surface area contributed by atoms with Crippen LogP contribution in [0.25, 0.3) is 11.1 Å². The zero-order chi connectivity index (χ0) is 17.1. The fourth-order valence-corrected chi connectivity index (χ4v) is 3.18. The number of hydrogen-bond acceptors (Lipinski definition) is 3. The van der Waals surface area contributed by atoms with E-state index in [1.807, 2.05) is 6.92 Å². The molecule has 0 aliphatic rings. The van der Waals surface area contributed by atoms with Crippen molar-refractivity contribution >= 4 is 23.2 Å². The summed E-state index contributed by atoms with van der Waals surface area (Å²) in [5.74, 6) is -2.00. The maximum Gasteiger partial charge on any atom is 0.326 e. The van der Waals surface area contributed by atoms with Crippen molar-refractivity contribution in [1.82, 2.24) is 5.32 Å². The van der Waals surface area contributed by atoms with Gasteiger partial charge in [0.05, 0.1) is 4.88 Å². The molecule has 0 radical (unpaired) electrons. The van der Waals surface area contributed by atoms with Gasteiger partial charge >= 0.3 is 5.97 Å². The average molecular weight is 335 g/mol. The molecule has 0 saturated heterocycles. The van der Waals surface area contributed by atoms with Crippen LogP contribution < -0.4 is 5.32 Å². The van der Waals surface area contributed by atoms with Gasteiger partial charge < -0.3 is 10.4 Å².